The van der Waals surface area contributed by atoms with Crippen LogP contribution in [0.1, 0.15) is 54.4 Å². The van der Waals surface area contributed by atoms with Crippen LogP contribution in [0.25, 0.3) is 0 Å². The maximum Gasteiger partial charge on any atom is 0.194 e. The lowest BCUT2D eigenvalue weighted by Crippen LogP contribution is -2.72. The predicted molar refractivity (Wildman–Crippen MR) is 75.5 cm³/mol. The quantitative estimate of drug-likeness (QED) is 0.464. The summed E-state index contributed by atoms with van der Waals surface area (Å²) in [7, 11) is 0. The second kappa shape index (κ2) is 5.28. The van der Waals surface area contributed by atoms with Gasteiger partial charge < -0.3 is 10.2 Å². The molecule has 0 aromatic rings. The zero-order valence-corrected chi connectivity index (χ0v) is 12.4. The highest BCUT2D eigenvalue weighted by Crippen LogP contribution is 2.46. The van der Waals surface area contributed by atoms with Crippen LogP contribution in [0.15, 0.2) is 4.99 Å². The van der Waals surface area contributed by atoms with E-state index in [4.69, 9.17) is 4.99 Å². The minimum atomic E-state index is 0.195. The van der Waals surface area contributed by atoms with Gasteiger partial charge in [0.25, 0.3) is 0 Å². The molecule has 3 nitrogen and oxygen atoms in total. The zero-order valence-electron chi connectivity index (χ0n) is 12.4. The summed E-state index contributed by atoms with van der Waals surface area (Å²) >= 11 is 0. The first-order valence-electron chi connectivity index (χ1n) is 6.92. The number of aliphatic imine (C=N–C) groups is 1. The summed E-state index contributed by atoms with van der Waals surface area (Å²) in [4.78, 5) is 7.13. The molecule has 1 N–H and O–H groups in total. The lowest BCUT2D eigenvalue weighted by atomic mass is 9.65. The van der Waals surface area contributed by atoms with Crippen molar-refractivity contribution in [3.63, 3.8) is 0 Å². The Morgan fingerprint density at radius 3 is 2.29 bits per heavy atom. The smallest absolute Gasteiger partial charge is 0.194 e. The van der Waals surface area contributed by atoms with Crippen LogP contribution in [0.3, 0.4) is 0 Å². The molecule has 3 heteroatoms. The van der Waals surface area contributed by atoms with Gasteiger partial charge in [0.15, 0.2) is 5.96 Å². The molecule has 0 spiro atoms. The number of unbranched alkanes of at least 4 members (excludes halogenated alkanes) is 1. The molecule has 0 radical (unpaired) electrons. The van der Waals surface area contributed by atoms with Gasteiger partial charge in [0.1, 0.15) is 0 Å². The van der Waals surface area contributed by atoms with E-state index in [0.717, 1.165) is 25.6 Å². The highest BCUT2D eigenvalue weighted by Gasteiger charge is 2.53. The Balaban J connectivity index is 2.70. The van der Waals surface area contributed by atoms with Gasteiger partial charge in [-0.2, -0.15) is 0 Å². The van der Waals surface area contributed by atoms with Crippen molar-refractivity contribution in [2.75, 3.05) is 19.6 Å². The summed E-state index contributed by atoms with van der Waals surface area (Å²) in [5, 5.41) is 3.41. The number of hydrogen-bond acceptors (Lipinski definition) is 1. The van der Waals surface area contributed by atoms with Crippen molar-refractivity contribution in [2.24, 2.45) is 10.4 Å². The second-order valence-electron chi connectivity index (χ2n) is 6.12. The fraction of sp³-hybridized carbons (Fsp3) is 0.929. The normalized spacial score (nSPS) is 22.2. The highest BCUT2D eigenvalue weighted by atomic mass is 15.4. The Morgan fingerprint density at radius 1 is 1.24 bits per heavy atom. The first-order valence-corrected chi connectivity index (χ1v) is 6.92. The average Bonchev–Trinajstić information content (AvgIpc) is 2.25. The molecule has 0 aromatic heterocycles. The SMILES string of the molecule is CCCCN=C(NCC)N1CC(C)(C)C1(C)C. The van der Waals surface area contributed by atoms with Crippen molar-refractivity contribution in [3.05, 3.63) is 0 Å². The number of rotatable bonds is 4. The lowest BCUT2D eigenvalue weighted by Gasteiger charge is -2.62. The van der Waals surface area contributed by atoms with Crippen LogP contribution in [0, 0.1) is 5.41 Å². The van der Waals surface area contributed by atoms with Crippen molar-refractivity contribution < 1.29 is 0 Å². The molecule has 100 valence electrons. The molecule has 1 rings (SSSR count). The van der Waals surface area contributed by atoms with Gasteiger partial charge in [0, 0.05) is 30.6 Å². The van der Waals surface area contributed by atoms with Gasteiger partial charge in [-0.15, -0.1) is 0 Å². The fourth-order valence-electron chi connectivity index (χ4n) is 2.14. The van der Waals surface area contributed by atoms with E-state index in [1.54, 1.807) is 0 Å². The van der Waals surface area contributed by atoms with E-state index in [1.807, 2.05) is 0 Å². The zero-order chi connectivity index (χ0) is 13.1. The maximum atomic E-state index is 4.72. The molecule has 17 heavy (non-hydrogen) atoms. The van der Waals surface area contributed by atoms with Gasteiger partial charge in [-0.05, 0) is 27.2 Å². The number of hydrogen-bond donors (Lipinski definition) is 1. The largest absolute Gasteiger partial charge is 0.356 e. The third kappa shape index (κ3) is 2.75. The molecule has 1 aliphatic rings. The van der Waals surface area contributed by atoms with E-state index in [0.29, 0.717) is 5.41 Å². The number of nitrogens with one attached hydrogen (secondary N) is 1. The molecule has 0 aromatic carbocycles. The molecule has 1 saturated heterocycles. The first-order chi connectivity index (χ1) is 7.86. The highest BCUT2D eigenvalue weighted by molar-refractivity contribution is 5.82. The molecule has 0 unspecified atom stereocenters. The average molecular weight is 239 g/mol. The fourth-order valence-corrected chi connectivity index (χ4v) is 2.14. The summed E-state index contributed by atoms with van der Waals surface area (Å²) in [6.07, 6.45) is 2.38. The van der Waals surface area contributed by atoms with Gasteiger partial charge in [0.2, 0.25) is 0 Å². The van der Waals surface area contributed by atoms with Gasteiger partial charge in [0.05, 0.1) is 0 Å². The number of likely N-dealkylation sites (tertiary alicyclic amines) is 1. The van der Waals surface area contributed by atoms with E-state index in [-0.39, 0.29) is 5.54 Å². The van der Waals surface area contributed by atoms with Crippen LogP contribution in [0.5, 0.6) is 0 Å². The molecule has 0 saturated carbocycles. The summed E-state index contributed by atoms with van der Waals surface area (Å²) in [5.41, 5.74) is 0.564. The topological polar surface area (TPSA) is 27.6 Å². The second-order valence-corrected chi connectivity index (χ2v) is 6.12. The Labute approximate surface area is 107 Å². The van der Waals surface area contributed by atoms with Gasteiger partial charge in [-0.25, -0.2) is 0 Å². The van der Waals surface area contributed by atoms with E-state index < -0.39 is 0 Å². The predicted octanol–water partition coefficient (Wildman–Crippen LogP) is 2.87. The van der Waals surface area contributed by atoms with Gasteiger partial charge >= 0.3 is 0 Å². The van der Waals surface area contributed by atoms with Crippen molar-refractivity contribution in [1.29, 1.82) is 0 Å². The van der Waals surface area contributed by atoms with Crippen LogP contribution >= 0.6 is 0 Å². The van der Waals surface area contributed by atoms with Gasteiger partial charge in [-0.3, -0.25) is 4.99 Å². The molecule has 0 amide bonds. The number of nitrogens with zero attached hydrogens (tertiary/aromatic N) is 2. The van der Waals surface area contributed by atoms with E-state index in [2.05, 4.69) is 51.8 Å². The molecule has 1 fully saturated rings. The van der Waals surface area contributed by atoms with Crippen LogP contribution in [-0.4, -0.2) is 36.0 Å². The van der Waals surface area contributed by atoms with Crippen LogP contribution in [0.4, 0.5) is 0 Å². The summed E-state index contributed by atoms with van der Waals surface area (Å²) < 4.78 is 0. The minimum Gasteiger partial charge on any atom is -0.356 e. The third-order valence-corrected chi connectivity index (χ3v) is 4.25. The van der Waals surface area contributed by atoms with Crippen LogP contribution in [-0.2, 0) is 0 Å². The molecule has 0 bridgehead atoms. The van der Waals surface area contributed by atoms with E-state index in [9.17, 15) is 0 Å². The van der Waals surface area contributed by atoms with Crippen LogP contribution < -0.4 is 5.32 Å². The standard InChI is InChI=1S/C14H29N3/c1-7-9-10-16-12(15-8-2)17-11-13(3,4)14(17,5)6/h7-11H2,1-6H3,(H,15,16). The van der Waals surface area contributed by atoms with E-state index >= 15 is 0 Å². The van der Waals surface area contributed by atoms with Gasteiger partial charge in [-0.1, -0.05) is 27.2 Å². The molecular formula is C14H29N3. The number of guanidine groups is 1. The van der Waals surface area contributed by atoms with Crippen LogP contribution in [0.2, 0.25) is 0 Å². The monoisotopic (exact) mass is 239 g/mol. The van der Waals surface area contributed by atoms with Crippen molar-refractivity contribution >= 4 is 5.96 Å². The maximum absolute atomic E-state index is 4.72. The first kappa shape index (κ1) is 14.3. The Bertz CT molecular complexity index is 279. The molecule has 0 atom stereocenters. The molecule has 1 heterocycles. The van der Waals surface area contributed by atoms with Crippen molar-refractivity contribution in [2.45, 2.75) is 59.9 Å². The Kier molecular flexibility index (Phi) is 4.45. The van der Waals surface area contributed by atoms with E-state index in [1.165, 1.54) is 12.8 Å². The molecular weight excluding hydrogens is 210 g/mol. The Morgan fingerprint density at radius 2 is 1.88 bits per heavy atom. The van der Waals surface area contributed by atoms with Crippen molar-refractivity contribution in [1.82, 2.24) is 10.2 Å². The summed E-state index contributed by atoms with van der Waals surface area (Å²) in [5.74, 6) is 1.09. The molecule has 1 aliphatic heterocycles. The summed E-state index contributed by atoms with van der Waals surface area (Å²) in [6, 6.07) is 0. The minimum absolute atomic E-state index is 0.195. The Hall–Kier alpha value is -0.730. The lowest BCUT2D eigenvalue weighted by molar-refractivity contribution is -0.0667. The van der Waals surface area contributed by atoms with Crippen molar-refractivity contribution in [3.8, 4) is 0 Å². The summed E-state index contributed by atoms with van der Waals surface area (Å²) in [6.45, 7) is 16.6. The molecule has 0 aliphatic carbocycles. The third-order valence-electron chi connectivity index (χ3n) is 4.25.